The van der Waals surface area contributed by atoms with Crippen molar-refractivity contribution in [3.63, 3.8) is 0 Å². The smallest absolute Gasteiger partial charge is 0.222 e. The SMILES string of the molecule is CC(C)C(=O)NCc1nc(-c2ccc(O)cc2)cs1. The van der Waals surface area contributed by atoms with E-state index >= 15 is 0 Å². The number of carbonyl (C=O) groups is 1. The van der Waals surface area contributed by atoms with Crippen molar-refractivity contribution >= 4 is 17.2 Å². The highest BCUT2D eigenvalue weighted by Gasteiger charge is 2.08. The molecule has 0 atom stereocenters. The summed E-state index contributed by atoms with van der Waals surface area (Å²) < 4.78 is 0. The van der Waals surface area contributed by atoms with Crippen molar-refractivity contribution in [1.29, 1.82) is 0 Å². The molecule has 0 unspecified atom stereocenters. The van der Waals surface area contributed by atoms with E-state index in [1.165, 1.54) is 11.3 Å². The van der Waals surface area contributed by atoms with Crippen molar-refractivity contribution in [2.24, 2.45) is 5.92 Å². The molecule has 19 heavy (non-hydrogen) atoms. The van der Waals surface area contributed by atoms with Crippen molar-refractivity contribution in [3.05, 3.63) is 34.7 Å². The van der Waals surface area contributed by atoms with Gasteiger partial charge in [0.2, 0.25) is 5.91 Å². The molecule has 0 spiro atoms. The van der Waals surface area contributed by atoms with E-state index in [1.807, 2.05) is 31.4 Å². The van der Waals surface area contributed by atoms with Crippen LogP contribution in [0.3, 0.4) is 0 Å². The topological polar surface area (TPSA) is 62.2 Å². The number of rotatable bonds is 4. The van der Waals surface area contributed by atoms with Gasteiger partial charge < -0.3 is 10.4 Å². The van der Waals surface area contributed by atoms with E-state index in [-0.39, 0.29) is 17.6 Å². The van der Waals surface area contributed by atoms with E-state index in [4.69, 9.17) is 0 Å². The van der Waals surface area contributed by atoms with Crippen LogP contribution in [0.5, 0.6) is 5.75 Å². The Kier molecular flexibility index (Phi) is 4.16. The molecule has 1 heterocycles. The zero-order valence-electron chi connectivity index (χ0n) is 10.9. The number of amides is 1. The van der Waals surface area contributed by atoms with Crippen molar-refractivity contribution < 1.29 is 9.90 Å². The van der Waals surface area contributed by atoms with Crippen LogP contribution in [-0.2, 0) is 11.3 Å². The minimum atomic E-state index is -0.0171. The Labute approximate surface area is 116 Å². The number of thiazole rings is 1. The first-order chi connectivity index (χ1) is 9.06. The zero-order chi connectivity index (χ0) is 13.8. The monoisotopic (exact) mass is 276 g/mol. The quantitative estimate of drug-likeness (QED) is 0.902. The second-order valence-electron chi connectivity index (χ2n) is 4.55. The number of hydrogen-bond acceptors (Lipinski definition) is 4. The summed E-state index contributed by atoms with van der Waals surface area (Å²) in [7, 11) is 0. The molecule has 0 radical (unpaired) electrons. The third-order valence-electron chi connectivity index (χ3n) is 2.65. The summed E-state index contributed by atoms with van der Waals surface area (Å²) in [6, 6.07) is 6.91. The van der Waals surface area contributed by atoms with E-state index in [0.29, 0.717) is 6.54 Å². The third kappa shape index (κ3) is 3.54. The first kappa shape index (κ1) is 13.5. The molecule has 0 saturated carbocycles. The summed E-state index contributed by atoms with van der Waals surface area (Å²) in [4.78, 5) is 15.9. The Hall–Kier alpha value is -1.88. The zero-order valence-corrected chi connectivity index (χ0v) is 11.7. The maximum Gasteiger partial charge on any atom is 0.222 e. The number of phenols is 1. The van der Waals surface area contributed by atoms with Crippen LogP contribution in [-0.4, -0.2) is 16.0 Å². The maximum atomic E-state index is 11.5. The van der Waals surface area contributed by atoms with Gasteiger partial charge in [0, 0.05) is 16.9 Å². The molecule has 1 amide bonds. The van der Waals surface area contributed by atoms with E-state index in [9.17, 15) is 9.90 Å². The van der Waals surface area contributed by atoms with E-state index < -0.39 is 0 Å². The molecule has 4 nitrogen and oxygen atoms in total. The second kappa shape index (κ2) is 5.84. The van der Waals surface area contributed by atoms with Gasteiger partial charge in [-0.25, -0.2) is 4.98 Å². The van der Waals surface area contributed by atoms with Gasteiger partial charge in [-0.15, -0.1) is 11.3 Å². The van der Waals surface area contributed by atoms with Crippen LogP contribution in [0.25, 0.3) is 11.3 Å². The summed E-state index contributed by atoms with van der Waals surface area (Å²) in [6.07, 6.45) is 0. The normalized spacial score (nSPS) is 10.7. The molecular weight excluding hydrogens is 260 g/mol. The predicted molar refractivity (Wildman–Crippen MR) is 75.9 cm³/mol. The van der Waals surface area contributed by atoms with Gasteiger partial charge in [0.15, 0.2) is 0 Å². The fourth-order valence-corrected chi connectivity index (χ4v) is 2.27. The molecule has 0 saturated heterocycles. The van der Waals surface area contributed by atoms with Crippen LogP contribution < -0.4 is 5.32 Å². The van der Waals surface area contributed by atoms with Crippen molar-refractivity contribution in [2.45, 2.75) is 20.4 Å². The largest absolute Gasteiger partial charge is 0.508 e. The molecule has 0 fully saturated rings. The Morgan fingerprint density at radius 2 is 2.05 bits per heavy atom. The number of phenolic OH excluding ortho intramolecular Hbond substituents is 1. The molecule has 2 rings (SSSR count). The van der Waals surface area contributed by atoms with Gasteiger partial charge in [-0.1, -0.05) is 13.8 Å². The number of aromatic nitrogens is 1. The van der Waals surface area contributed by atoms with Gasteiger partial charge in [-0.2, -0.15) is 0 Å². The van der Waals surface area contributed by atoms with Crippen LogP contribution in [0.15, 0.2) is 29.6 Å². The minimum Gasteiger partial charge on any atom is -0.508 e. The molecule has 2 aromatic rings. The van der Waals surface area contributed by atoms with Crippen molar-refractivity contribution in [2.75, 3.05) is 0 Å². The molecule has 0 aliphatic carbocycles. The second-order valence-corrected chi connectivity index (χ2v) is 5.49. The average Bonchev–Trinajstić information content (AvgIpc) is 2.85. The average molecular weight is 276 g/mol. The Morgan fingerprint density at radius 1 is 1.37 bits per heavy atom. The van der Waals surface area contributed by atoms with Gasteiger partial charge in [0.05, 0.1) is 12.2 Å². The molecule has 2 N–H and O–H groups in total. The summed E-state index contributed by atoms with van der Waals surface area (Å²) in [5.74, 6) is 0.251. The van der Waals surface area contributed by atoms with Gasteiger partial charge in [0.1, 0.15) is 10.8 Å². The summed E-state index contributed by atoms with van der Waals surface area (Å²) in [5, 5.41) is 14.9. The highest BCUT2D eigenvalue weighted by molar-refractivity contribution is 7.09. The highest BCUT2D eigenvalue weighted by atomic mass is 32.1. The fraction of sp³-hybridized carbons (Fsp3) is 0.286. The van der Waals surface area contributed by atoms with Crippen molar-refractivity contribution in [1.82, 2.24) is 10.3 Å². The van der Waals surface area contributed by atoms with Crippen LogP contribution in [0.4, 0.5) is 0 Å². The number of nitrogens with zero attached hydrogens (tertiary/aromatic N) is 1. The number of carbonyl (C=O) groups excluding carboxylic acids is 1. The Balaban J connectivity index is 2.03. The molecule has 0 bridgehead atoms. The highest BCUT2D eigenvalue weighted by Crippen LogP contribution is 2.23. The molecule has 100 valence electrons. The van der Waals surface area contributed by atoms with Crippen molar-refractivity contribution in [3.8, 4) is 17.0 Å². The number of hydrogen-bond donors (Lipinski definition) is 2. The standard InChI is InChI=1S/C14H16N2O2S/c1-9(2)14(18)15-7-13-16-12(8-19-13)10-3-5-11(17)6-4-10/h3-6,8-9,17H,7H2,1-2H3,(H,15,18). The lowest BCUT2D eigenvalue weighted by Crippen LogP contribution is -2.26. The lowest BCUT2D eigenvalue weighted by molar-refractivity contribution is -0.124. The van der Waals surface area contributed by atoms with E-state index in [2.05, 4.69) is 10.3 Å². The predicted octanol–water partition coefficient (Wildman–Crippen LogP) is 2.79. The first-order valence-electron chi connectivity index (χ1n) is 6.08. The Morgan fingerprint density at radius 3 is 2.68 bits per heavy atom. The maximum absolute atomic E-state index is 11.5. The fourth-order valence-electron chi connectivity index (χ4n) is 1.52. The van der Waals surface area contributed by atoms with E-state index in [0.717, 1.165) is 16.3 Å². The van der Waals surface area contributed by atoms with Gasteiger partial charge in [-0.05, 0) is 24.3 Å². The van der Waals surface area contributed by atoms with Gasteiger partial charge in [-0.3, -0.25) is 4.79 Å². The number of nitrogens with one attached hydrogen (secondary N) is 1. The first-order valence-corrected chi connectivity index (χ1v) is 6.95. The summed E-state index contributed by atoms with van der Waals surface area (Å²) >= 11 is 1.51. The molecule has 1 aromatic carbocycles. The molecule has 0 aliphatic heterocycles. The molecule has 5 heteroatoms. The van der Waals surface area contributed by atoms with Crippen LogP contribution >= 0.6 is 11.3 Å². The van der Waals surface area contributed by atoms with Gasteiger partial charge in [0.25, 0.3) is 0 Å². The lowest BCUT2D eigenvalue weighted by atomic mass is 10.2. The Bertz CT molecular complexity index is 561. The summed E-state index contributed by atoms with van der Waals surface area (Å²) in [6.45, 7) is 4.18. The number of benzene rings is 1. The number of aromatic hydroxyl groups is 1. The molecular formula is C14H16N2O2S. The van der Waals surface area contributed by atoms with E-state index in [1.54, 1.807) is 12.1 Å². The third-order valence-corrected chi connectivity index (χ3v) is 3.50. The minimum absolute atomic E-state index is 0.0171. The lowest BCUT2D eigenvalue weighted by Gasteiger charge is -2.04. The van der Waals surface area contributed by atoms with Crippen LogP contribution in [0.2, 0.25) is 0 Å². The van der Waals surface area contributed by atoms with Crippen LogP contribution in [0, 0.1) is 5.92 Å². The van der Waals surface area contributed by atoms with Crippen LogP contribution in [0.1, 0.15) is 18.9 Å². The summed E-state index contributed by atoms with van der Waals surface area (Å²) in [5.41, 5.74) is 1.81. The molecule has 0 aliphatic rings. The molecule has 1 aromatic heterocycles. The van der Waals surface area contributed by atoms with Gasteiger partial charge >= 0.3 is 0 Å².